The summed E-state index contributed by atoms with van der Waals surface area (Å²) in [7, 11) is 1.62. The Morgan fingerprint density at radius 1 is 1.25 bits per heavy atom. The smallest absolute Gasteiger partial charge is 0.269 e. The molecule has 2 fully saturated rings. The molecule has 2 saturated heterocycles. The van der Waals surface area contributed by atoms with Crippen molar-refractivity contribution in [2.24, 2.45) is 0 Å². The van der Waals surface area contributed by atoms with Crippen LogP contribution in [0.1, 0.15) is 29.8 Å². The Kier molecular flexibility index (Phi) is 3.87. The topological polar surface area (TPSA) is 48.5 Å². The van der Waals surface area contributed by atoms with E-state index >= 15 is 0 Å². The van der Waals surface area contributed by atoms with Crippen molar-refractivity contribution >= 4 is 11.6 Å². The molecule has 0 unspecified atom stereocenters. The summed E-state index contributed by atoms with van der Waals surface area (Å²) >= 11 is 0. The van der Waals surface area contributed by atoms with Crippen molar-refractivity contribution in [2.75, 3.05) is 38.1 Å². The van der Waals surface area contributed by atoms with Gasteiger partial charge >= 0.3 is 0 Å². The average molecular weight is 274 g/mol. The number of likely N-dealkylation sites (tertiary alicyclic amines) is 1. The molecule has 0 saturated carbocycles. The molecule has 2 aliphatic rings. The van der Waals surface area contributed by atoms with Crippen molar-refractivity contribution in [2.45, 2.75) is 25.3 Å². The molecule has 5 nitrogen and oxygen atoms in total. The van der Waals surface area contributed by atoms with E-state index in [9.17, 15) is 4.79 Å². The van der Waals surface area contributed by atoms with E-state index < -0.39 is 0 Å². The number of amides is 1. The normalized spacial score (nSPS) is 20.6. The Bertz CT molecular complexity index is 461. The Morgan fingerprint density at radius 2 is 2.00 bits per heavy atom. The minimum absolute atomic E-state index is 0.131. The van der Waals surface area contributed by atoms with E-state index in [1.54, 1.807) is 13.1 Å². The molecule has 0 spiro atoms. The molecule has 0 aliphatic carbocycles. The zero-order chi connectivity index (χ0) is 13.9. The summed E-state index contributed by atoms with van der Waals surface area (Å²) in [5.41, 5.74) is 1.60. The number of pyridine rings is 1. The molecule has 0 aromatic carbocycles. The number of aromatic nitrogens is 1. The first-order valence-electron chi connectivity index (χ1n) is 7.45. The quantitative estimate of drug-likeness (QED) is 0.897. The van der Waals surface area contributed by atoms with Gasteiger partial charge in [-0.25, -0.2) is 4.98 Å². The molecule has 5 heteroatoms. The van der Waals surface area contributed by atoms with Crippen molar-refractivity contribution in [3.8, 4) is 0 Å². The maximum atomic E-state index is 11.5. The minimum Gasteiger partial charge on any atom is -0.370 e. The van der Waals surface area contributed by atoms with Gasteiger partial charge in [0.15, 0.2) is 0 Å². The third kappa shape index (κ3) is 2.63. The molecule has 0 bridgehead atoms. The first-order chi connectivity index (χ1) is 9.78. The third-order valence-electron chi connectivity index (χ3n) is 4.44. The van der Waals surface area contributed by atoms with Crippen LogP contribution in [-0.4, -0.2) is 55.1 Å². The summed E-state index contributed by atoms with van der Waals surface area (Å²) < 4.78 is 0. The van der Waals surface area contributed by atoms with Crippen LogP contribution in [0.15, 0.2) is 18.3 Å². The third-order valence-corrected chi connectivity index (χ3v) is 4.44. The standard InChI is InChI=1S/C15H22N4O/c1-16-15(20)14-4-3-13(11-17-14)19-9-5-12(6-10-19)18-7-2-8-18/h3-4,11-12H,2,5-10H2,1H3,(H,16,20). The number of hydrogen-bond donors (Lipinski definition) is 1. The van der Waals surface area contributed by atoms with Gasteiger partial charge in [-0.05, 0) is 44.5 Å². The van der Waals surface area contributed by atoms with Crippen LogP contribution in [-0.2, 0) is 0 Å². The highest BCUT2D eigenvalue weighted by Gasteiger charge is 2.27. The second kappa shape index (κ2) is 5.79. The molecule has 1 amide bonds. The number of anilines is 1. The molecule has 20 heavy (non-hydrogen) atoms. The lowest BCUT2D eigenvalue weighted by atomic mass is 9.99. The fraction of sp³-hybridized carbons (Fsp3) is 0.600. The van der Waals surface area contributed by atoms with Gasteiger partial charge in [-0.3, -0.25) is 4.79 Å². The predicted molar refractivity (Wildman–Crippen MR) is 79.1 cm³/mol. The molecule has 0 radical (unpaired) electrons. The lowest BCUT2D eigenvalue weighted by Crippen LogP contribution is -2.50. The lowest BCUT2D eigenvalue weighted by Gasteiger charge is -2.43. The number of piperidine rings is 1. The van der Waals surface area contributed by atoms with Gasteiger partial charge in [0, 0.05) is 26.2 Å². The Labute approximate surface area is 120 Å². The van der Waals surface area contributed by atoms with Crippen LogP contribution in [0.25, 0.3) is 0 Å². The first kappa shape index (κ1) is 13.4. The first-order valence-corrected chi connectivity index (χ1v) is 7.45. The highest BCUT2D eigenvalue weighted by molar-refractivity contribution is 5.92. The number of carbonyl (C=O) groups excluding carboxylic acids is 1. The van der Waals surface area contributed by atoms with Gasteiger partial charge in [0.2, 0.25) is 0 Å². The van der Waals surface area contributed by atoms with Crippen LogP contribution < -0.4 is 10.2 Å². The minimum atomic E-state index is -0.131. The van der Waals surface area contributed by atoms with Crippen LogP contribution in [0.4, 0.5) is 5.69 Å². The van der Waals surface area contributed by atoms with E-state index in [0.29, 0.717) is 5.69 Å². The maximum Gasteiger partial charge on any atom is 0.269 e. The monoisotopic (exact) mass is 274 g/mol. The van der Waals surface area contributed by atoms with E-state index in [0.717, 1.165) is 24.8 Å². The summed E-state index contributed by atoms with van der Waals surface area (Å²) in [6, 6.07) is 4.58. The molecule has 0 atom stereocenters. The molecular weight excluding hydrogens is 252 g/mol. The van der Waals surface area contributed by atoms with Gasteiger partial charge < -0.3 is 15.1 Å². The van der Waals surface area contributed by atoms with Crippen molar-refractivity contribution < 1.29 is 4.79 Å². The Morgan fingerprint density at radius 3 is 2.50 bits per heavy atom. The van der Waals surface area contributed by atoms with E-state index in [1.807, 2.05) is 12.3 Å². The van der Waals surface area contributed by atoms with Crippen molar-refractivity contribution in [3.63, 3.8) is 0 Å². The highest BCUT2D eigenvalue weighted by atomic mass is 16.1. The van der Waals surface area contributed by atoms with Crippen molar-refractivity contribution in [3.05, 3.63) is 24.0 Å². The highest BCUT2D eigenvalue weighted by Crippen LogP contribution is 2.24. The molecule has 2 aliphatic heterocycles. The zero-order valence-electron chi connectivity index (χ0n) is 12.0. The number of carbonyl (C=O) groups is 1. The molecule has 1 aromatic rings. The van der Waals surface area contributed by atoms with Crippen LogP contribution in [0.5, 0.6) is 0 Å². The molecule has 3 heterocycles. The largest absolute Gasteiger partial charge is 0.370 e. The summed E-state index contributed by atoms with van der Waals surface area (Å²) in [6.07, 6.45) is 5.65. The number of nitrogens with one attached hydrogen (secondary N) is 1. The van der Waals surface area contributed by atoms with Gasteiger partial charge in [0.1, 0.15) is 5.69 Å². The Balaban J connectivity index is 1.58. The van der Waals surface area contributed by atoms with Gasteiger partial charge in [-0.2, -0.15) is 0 Å². The second-order valence-electron chi connectivity index (χ2n) is 5.59. The van der Waals surface area contributed by atoms with E-state index in [2.05, 4.69) is 20.1 Å². The summed E-state index contributed by atoms with van der Waals surface area (Å²) in [4.78, 5) is 20.7. The molecule has 1 aromatic heterocycles. The Hall–Kier alpha value is -1.62. The van der Waals surface area contributed by atoms with E-state index in [4.69, 9.17) is 0 Å². The summed E-state index contributed by atoms with van der Waals surface area (Å²) in [6.45, 7) is 4.74. The number of hydrogen-bond acceptors (Lipinski definition) is 4. The van der Waals surface area contributed by atoms with Gasteiger partial charge in [-0.1, -0.05) is 0 Å². The van der Waals surface area contributed by atoms with Gasteiger partial charge in [0.25, 0.3) is 5.91 Å². The molecule has 1 N–H and O–H groups in total. The van der Waals surface area contributed by atoms with Crippen LogP contribution in [0.3, 0.4) is 0 Å². The molecule has 3 rings (SSSR count). The summed E-state index contributed by atoms with van der Waals surface area (Å²) in [5, 5.41) is 2.59. The maximum absolute atomic E-state index is 11.5. The van der Waals surface area contributed by atoms with Gasteiger partial charge in [-0.15, -0.1) is 0 Å². The van der Waals surface area contributed by atoms with Crippen LogP contribution in [0.2, 0.25) is 0 Å². The molecule has 108 valence electrons. The van der Waals surface area contributed by atoms with Crippen LogP contribution in [0, 0.1) is 0 Å². The second-order valence-corrected chi connectivity index (χ2v) is 5.59. The average Bonchev–Trinajstić information content (AvgIpc) is 2.46. The SMILES string of the molecule is CNC(=O)c1ccc(N2CCC(N3CCC3)CC2)cn1. The van der Waals surface area contributed by atoms with Gasteiger partial charge in [0.05, 0.1) is 11.9 Å². The fourth-order valence-electron chi connectivity index (χ4n) is 3.03. The molecular formula is C15H22N4O. The van der Waals surface area contributed by atoms with Crippen molar-refractivity contribution in [1.29, 1.82) is 0 Å². The van der Waals surface area contributed by atoms with Crippen molar-refractivity contribution in [1.82, 2.24) is 15.2 Å². The summed E-state index contributed by atoms with van der Waals surface area (Å²) in [5.74, 6) is -0.131. The van der Waals surface area contributed by atoms with E-state index in [-0.39, 0.29) is 5.91 Å². The van der Waals surface area contributed by atoms with E-state index in [1.165, 1.54) is 32.4 Å². The fourth-order valence-corrected chi connectivity index (χ4v) is 3.03. The van der Waals surface area contributed by atoms with Crippen LogP contribution >= 0.6 is 0 Å². The number of nitrogens with zero attached hydrogens (tertiary/aromatic N) is 3. The predicted octanol–water partition coefficient (Wildman–Crippen LogP) is 1.12. The number of rotatable bonds is 3. The lowest BCUT2D eigenvalue weighted by molar-refractivity contribution is 0.0958. The zero-order valence-corrected chi connectivity index (χ0v) is 12.0.